The third-order valence-electron chi connectivity index (χ3n) is 5.76. The summed E-state index contributed by atoms with van der Waals surface area (Å²) in [4.78, 5) is 26.7. The van der Waals surface area contributed by atoms with Crippen molar-refractivity contribution in [1.82, 2.24) is 19.5 Å². The molecule has 1 aliphatic rings. The van der Waals surface area contributed by atoms with Crippen molar-refractivity contribution >= 4 is 16.9 Å². The van der Waals surface area contributed by atoms with Crippen LogP contribution in [0.1, 0.15) is 19.3 Å². The molecule has 0 saturated carbocycles. The predicted octanol–water partition coefficient (Wildman–Crippen LogP) is 2.45. The van der Waals surface area contributed by atoms with Crippen molar-refractivity contribution in [3.8, 4) is 17.2 Å². The van der Waals surface area contributed by atoms with Crippen LogP contribution in [0.4, 0.5) is 5.95 Å². The van der Waals surface area contributed by atoms with E-state index >= 15 is 0 Å². The smallest absolute Gasteiger partial charge is 0.264 e. The lowest BCUT2D eigenvalue weighted by molar-refractivity contribution is 0.327. The topological polar surface area (TPSA) is 94.5 Å². The first kappa shape index (κ1) is 20.1. The fourth-order valence-electron chi connectivity index (χ4n) is 4.09. The lowest BCUT2D eigenvalue weighted by Gasteiger charge is -2.32. The van der Waals surface area contributed by atoms with Crippen LogP contribution in [0.3, 0.4) is 0 Å². The summed E-state index contributed by atoms with van der Waals surface area (Å²) in [7, 11) is 4.56. The number of benzene rings is 1. The summed E-state index contributed by atoms with van der Waals surface area (Å²) >= 11 is 0. The van der Waals surface area contributed by atoms with Crippen molar-refractivity contribution in [1.29, 1.82) is 0 Å². The summed E-state index contributed by atoms with van der Waals surface area (Å²) in [5, 5.41) is 0.356. The number of methoxy groups -OCH3 is 3. The number of rotatable bonds is 7. The second-order valence-electron chi connectivity index (χ2n) is 7.45. The summed E-state index contributed by atoms with van der Waals surface area (Å²) < 4.78 is 18.3. The van der Waals surface area contributed by atoms with E-state index in [2.05, 4.69) is 19.4 Å². The molecule has 0 aliphatic carbocycles. The summed E-state index contributed by atoms with van der Waals surface area (Å²) in [5.74, 6) is 2.41. The Bertz CT molecular complexity index is 1060. The number of aromatic nitrogens is 4. The van der Waals surface area contributed by atoms with Crippen molar-refractivity contribution in [3.05, 3.63) is 35.1 Å². The molecule has 0 unspecified atom stereocenters. The molecule has 1 aliphatic heterocycles. The van der Waals surface area contributed by atoms with E-state index in [0.29, 0.717) is 40.0 Å². The van der Waals surface area contributed by atoms with Crippen molar-refractivity contribution in [3.63, 3.8) is 0 Å². The maximum Gasteiger partial charge on any atom is 0.264 e. The first-order valence-corrected chi connectivity index (χ1v) is 10.1. The van der Waals surface area contributed by atoms with Gasteiger partial charge >= 0.3 is 0 Å². The molecule has 9 heteroatoms. The molecule has 0 radical (unpaired) electrons. The van der Waals surface area contributed by atoms with Gasteiger partial charge in [-0.1, -0.05) is 0 Å². The number of hydrogen-bond acceptors (Lipinski definition) is 7. The largest absolute Gasteiger partial charge is 0.493 e. The molecule has 0 atom stereocenters. The highest BCUT2D eigenvalue weighted by molar-refractivity contribution is 5.90. The standard InChI is InChI=1S/C21H27N5O4/c1-28-16-12-15-17(19(30-3)18(16)29-2)20(27)24-21(23-15)26-9-5-14(6-10-26)4-8-25-11-7-22-13-25/h7,11-14H,4-6,8-10H2,1-3H3,(H,23,24,27). The van der Waals surface area contributed by atoms with Gasteiger partial charge < -0.3 is 23.7 Å². The van der Waals surface area contributed by atoms with Crippen LogP contribution in [0.2, 0.25) is 0 Å². The fraction of sp³-hybridized carbons (Fsp3) is 0.476. The van der Waals surface area contributed by atoms with Gasteiger partial charge in [-0.15, -0.1) is 0 Å². The highest BCUT2D eigenvalue weighted by Gasteiger charge is 2.24. The Morgan fingerprint density at radius 2 is 1.90 bits per heavy atom. The van der Waals surface area contributed by atoms with E-state index < -0.39 is 0 Å². The van der Waals surface area contributed by atoms with Crippen molar-refractivity contribution in [2.45, 2.75) is 25.8 Å². The molecule has 1 aromatic carbocycles. The first-order valence-electron chi connectivity index (χ1n) is 10.1. The fourth-order valence-corrected chi connectivity index (χ4v) is 4.09. The molecule has 2 aromatic heterocycles. The minimum atomic E-state index is -0.255. The molecule has 3 aromatic rings. The zero-order valence-electron chi connectivity index (χ0n) is 17.6. The highest BCUT2D eigenvalue weighted by atomic mass is 16.5. The monoisotopic (exact) mass is 413 g/mol. The highest BCUT2D eigenvalue weighted by Crippen LogP contribution is 2.41. The van der Waals surface area contributed by atoms with Crippen LogP contribution in [-0.2, 0) is 6.54 Å². The zero-order valence-corrected chi connectivity index (χ0v) is 17.6. The molecule has 0 spiro atoms. The van der Waals surface area contributed by atoms with Crippen LogP contribution in [0.15, 0.2) is 29.6 Å². The number of aryl methyl sites for hydroxylation is 1. The average molecular weight is 413 g/mol. The summed E-state index contributed by atoms with van der Waals surface area (Å²) in [6, 6.07) is 1.72. The molecule has 0 amide bonds. The number of nitrogens with one attached hydrogen (secondary N) is 1. The minimum absolute atomic E-state index is 0.255. The summed E-state index contributed by atoms with van der Waals surface area (Å²) in [6.45, 7) is 2.69. The SMILES string of the molecule is COc1cc2nc(N3CCC(CCn4ccnc4)CC3)[nH]c(=O)c2c(OC)c1OC. The van der Waals surface area contributed by atoms with E-state index in [1.54, 1.807) is 13.2 Å². The van der Waals surface area contributed by atoms with Gasteiger partial charge in [-0.3, -0.25) is 9.78 Å². The van der Waals surface area contributed by atoms with Crippen LogP contribution in [-0.4, -0.2) is 53.9 Å². The number of hydrogen-bond donors (Lipinski definition) is 1. The van der Waals surface area contributed by atoms with Gasteiger partial charge in [0.05, 0.1) is 33.2 Å². The molecule has 30 heavy (non-hydrogen) atoms. The quantitative estimate of drug-likeness (QED) is 0.636. The third-order valence-corrected chi connectivity index (χ3v) is 5.76. The third kappa shape index (κ3) is 3.79. The normalized spacial score (nSPS) is 14.8. The number of fused-ring (bicyclic) bond motifs is 1. The molecule has 3 heterocycles. The molecule has 1 fully saturated rings. The van der Waals surface area contributed by atoms with Gasteiger partial charge in [0.15, 0.2) is 11.5 Å². The van der Waals surface area contributed by atoms with Crippen LogP contribution in [0.25, 0.3) is 10.9 Å². The second-order valence-corrected chi connectivity index (χ2v) is 7.45. The molecule has 160 valence electrons. The van der Waals surface area contributed by atoms with Crippen LogP contribution in [0.5, 0.6) is 17.2 Å². The summed E-state index contributed by atoms with van der Waals surface area (Å²) in [5.41, 5.74) is 0.264. The molecule has 0 bridgehead atoms. The molecular formula is C21H27N5O4. The Morgan fingerprint density at radius 3 is 2.53 bits per heavy atom. The van der Waals surface area contributed by atoms with E-state index in [1.165, 1.54) is 14.2 Å². The molecule has 1 saturated heterocycles. The minimum Gasteiger partial charge on any atom is -0.493 e. The lowest BCUT2D eigenvalue weighted by Crippen LogP contribution is -2.36. The average Bonchev–Trinajstić information content (AvgIpc) is 3.30. The van der Waals surface area contributed by atoms with E-state index in [9.17, 15) is 4.79 Å². The molecule has 1 N–H and O–H groups in total. The van der Waals surface area contributed by atoms with Crippen LogP contribution >= 0.6 is 0 Å². The van der Waals surface area contributed by atoms with Crippen molar-refractivity contribution in [2.75, 3.05) is 39.3 Å². The zero-order chi connectivity index (χ0) is 21.1. The molecular weight excluding hydrogens is 386 g/mol. The van der Waals surface area contributed by atoms with E-state index in [0.717, 1.165) is 38.9 Å². The Hall–Kier alpha value is -3.23. The Balaban J connectivity index is 1.54. The van der Waals surface area contributed by atoms with Gasteiger partial charge in [0.2, 0.25) is 11.7 Å². The van der Waals surface area contributed by atoms with Crippen molar-refractivity contribution < 1.29 is 14.2 Å². The van der Waals surface area contributed by atoms with E-state index in [4.69, 9.17) is 19.2 Å². The van der Waals surface area contributed by atoms with E-state index in [-0.39, 0.29) is 5.56 Å². The maximum absolute atomic E-state index is 12.9. The number of imidazole rings is 1. The number of nitrogens with zero attached hydrogens (tertiary/aromatic N) is 4. The van der Waals surface area contributed by atoms with Gasteiger partial charge in [0.1, 0.15) is 5.39 Å². The van der Waals surface area contributed by atoms with E-state index in [1.807, 2.05) is 18.7 Å². The number of piperidine rings is 1. The number of aromatic amines is 1. The second kappa shape index (κ2) is 8.64. The molecule has 4 rings (SSSR count). The van der Waals surface area contributed by atoms with Gasteiger partial charge in [0.25, 0.3) is 5.56 Å². The molecule has 9 nitrogen and oxygen atoms in total. The van der Waals surface area contributed by atoms with Crippen molar-refractivity contribution in [2.24, 2.45) is 5.92 Å². The number of anilines is 1. The van der Waals surface area contributed by atoms with Gasteiger partial charge in [0, 0.05) is 38.1 Å². The summed E-state index contributed by atoms with van der Waals surface area (Å²) in [6.07, 6.45) is 8.91. The number of ether oxygens (including phenoxy) is 3. The maximum atomic E-state index is 12.9. The predicted molar refractivity (Wildman–Crippen MR) is 114 cm³/mol. The number of H-pyrrole nitrogens is 1. The Morgan fingerprint density at radius 1 is 1.13 bits per heavy atom. The van der Waals surface area contributed by atoms with Gasteiger partial charge in [-0.25, -0.2) is 9.97 Å². The first-order chi connectivity index (χ1) is 14.6. The van der Waals surface area contributed by atoms with Crippen LogP contribution < -0.4 is 24.7 Å². The van der Waals surface area contributed by atoms with Crippen LogP contribution in [0, 0.1) is 5.92 Å². The van der Waals surface area contributed by atoms with Gasteiger partial charge in [-0.05, 0) is 25.2 Å². The Kier molecular flexibility index (Phi) is 5.78. The lowest BCUT2D eigenvalue weighted by atomic mass is 9.94. The Labute approximate surface area is 174 Å². The van der Waals surface area contributed by atoms with Gasteiger partial charge in [-0.2, -0.15) is 0 Å².